The van der Waals surface area contributed by atoms with Crippen LogP contribution in [-0.4, -0.2) is 25.4 Å². The Balaban J connectivity index is 2.79. The Morgan fingerprint density at radius 1 is 1.23 bits per heavy atom. The Morgan fingerprint density at radius 3 is 2.31 bits per heavy atom. The van der Waals surface area contributed by atoms with Gasteiger partial charge >= 0.3 is 0 Å². The molecule has 0 aliphatic carbocycles. The molecule has 1 heterocycles. The molecule has 0 aromatic heterocycles. The molecule has 0 spiro atoms. The van der Waals surface area contributed by atoms with Crippen LogP contribution in [0.3, 0.4) is 0 Å². The summed E-state index contributed by atoms with van der Waals surface area (Å²) in [5.41, 5.74) is 0. The summed E-state index contributed by atoms with van der Waals surface area (Å²) < 4.78 is 11.1. The Bertz CT molecular complexity index is 207. The Morgan fingerprint density at radius 2 is 1.85 bits per heavy atom. The van der Waals surface area contributed by atoms with Crippen molar-refractivity contribution in [1.29, 1.82) is 0 Å². The highest BCUT2D eigenvalue weighted by Crippen LogP contribution is 2.31. The molecule has 5 atom stereocenters. The summed E-state index contributed by atoms with van der Waals surface area (Å²) in [6.45, 7) is 6.20. The van der Waals surface area contributed by atoms with Gasteiger partial charge in [0.05, 0.1) is 24.2 Å². The van der Waals surface area contributed by atoms with Crippen molar-refractivity contribution >= 4 is 0 Å². The van der Waals surface area contributed by atoms with Crippen molar-refractivity contribution in [2.75, 3.05) is 7.11 Å². The number of hydrogen-bond donors (Lipinski definition) is 0. The van der Waals surface area contributed by atoms with Crippen molar-refractivity contribution in [1.82, 2.24) is 0 Å². The summed E-state index contributed by atoms with van der Waals surface area (Å²) in [6.07, 6.45) is 5.86. The summed E-state index contributed by atoms with van der Waals surface area (Å²) in [6, 6.07) is 0. The molecule has 1 aliphatic rings. The lowest BCUT2D eigenvalue weighted by Crippen LogP contribution is -2.48. The SMILES string of the molecule is C#CC1C(C)C(C)OC(C)C1OC. The van der Waals surface area contributed by atoms with E-state index in [-0.39, 0.29) is 24.2 Å². The zero-order chi connectivity index (χ0) is 10.0. The zero-order valence-electron chi connectivity index (χ0n) is 8.78. The van der Waals surface area contributed by atoms with Crippen LogP contribution in [0.5, 0.6) is 0 Å². The third-order valence-corrected chi connectivity index (χ3v) is 3.02. The first-order chi connectivity index (χ1) is 6.11. The van der Waals surface area contributed by atoms with Crippen molar-refractivity contribution in [3.8, 4) is 12.3 Å². The van der Waals surface area contributed by atoms with Gasteiger partial charge < -0.3 is 9.47 Å². The maximum Gasteiger partial charge on any atom is 0.0970 e. The standard InChI is InChI=1S/C11H18O2/c1-6-10-7(2)8(3)13-9(4)11(10)12-5/h1,7-11H,2-5H3. The molecule has 1 saturated heterocycles. The van der Waals surface area contributed by atoms with E-state index in [9.17, 15) is 0 Å². The van der Waals surface area contributed by atoms with E-state index < -0.39 is 0 Å². The highest BCUT2D eigenvalue weighted by atomic mass is 16.5. The smallest absolute Gasteiger partial charge is 0.0970 e. The topological polar surface area (TPSA) is 18.5 Å². The first kappa shape index (κ1) is 10.6. The van der Waals surface area contributed by atoms with Crippen molar-refractivity contribution in [3.63, 3.8) is 0 Å². The van der Waals surface area contributed by atoms with Gasteiger partial charge in [0.2, 0.25) is 0 Å². The summed E-state index contributed by atoms with van der Waals surface area (Å²) in [4.78, 5) is 0. The lowest BCUT2D eigenvalue weighted by molar-refractivity contribution is -0.156. The van der Waals surface area contributed by atoms with Crippen LogP contribution in [0.25, 0.3) is 0 Å². The van der Waals surface area contributed by atoms with Gasteiger partial charge in [0.1, 0.15) is 0 Å². The van der Waals surface area contributed by atoms with Gasteiger partial charge in [-0.05, 0) is 19.8 Å². The first-order valence-electron chi connectivity index (χ1n) is 4.76. The molecule has 0 amide bonds. The molecule has 0 aromatic carbocycles. The number of rotatable bonds is 1. The molecule has 13 heavy (non-hydrogen) atoms. The van der Waals surface area contributed by atoms with Crippen LogP contribution in [0.2, 0.25) is 0 Å². The van der Waals surface area contributed by atoms with Gasteiger partial charge in [0.15, 0.2) is 0 Å². The molecule has 0 aromatic rings. The zero-order valence-corrected chi connectivity index (χ0v) is 8.78. The van der Waals surface area contributed by atoms with Gasteiger partial charge in [0.25, 0.3) is 0 Å². The molecule has 1 aliphatic heterocycles. The maximum atomic E-state index is 5.71. The number of ether oxygens (including phenoxy) is 2. The van der Waals surface area contributed by atoms with Crippen molar-refractivity contribution < 1.29 is 9.47 Å². The number of hydrogen-bond acceptors (Lipinski definition) is 2. The van der Waals surface area contributed by atoms with Crippen molar-refractivity contribution in [3.05, 3.63) is 0 Å². The van der Waals surface area contributed by atoms with E-state index in [1.54, 1.807) is 7.11 Å². The highest BCUT2D eigenvalue weighted by molar-refractivity contribution is 5.04. The Hall–Kier alpha value is -0.520. The molecule has 0 saturated carbocycles. The van der Waals surface area contributed by atoms with Crippen molar-refractivity contribution in [2.45, 2.75) is 39.1 Å². The molecule has 74 valence electrons. The summed E-state index contributed by atoms with van der Waals surface area (Å²) in [5.74, 6) is 3.35. The number of terminal acetylenes is 1. The average molecular weight is 182 g/mol. The lowest BCUT2D eigenvalue weighted by Gasteiger charge is -2.41. The Labute approximate surface area is 80.6 Å². The third-order valence-electron chi connectivity index (χ3n) is 3.02. The molecule has 0 N–H and O–H groups in total. The minimum Gasteiger partial charge on any atom is -0.377 e. The van der Waals surface area contributed by atoms with Gasteiger partial charge in [-0.1, -0.05) is 6.92 Å². The fourth-order valence-corrected chi connectivity index (χ4v) is 2.01. The minimum absolute atomic E-state index is 0.0381. The molecular weight excluding hydrogens is 164 g/mol. The molecule has 1 fully saturated rings. The lowest BCUT2D eigenvalue weighted by atomic mass is 9.81. The Kier molecular flexibility index (Phi) is 3.35. The van der Waals surface area contributed by atoms with Crippen LogP contribution in [0, 0.1) is 24.2 Å². The quantitative estimate of drug-likeness (QED) is 0.575. The highest BCUT2D eigenvalue weighted by Gasteiger charge is 2.39. The fourth-order valence-electron chi connectivity index (χ4n) is 2.01. The van der Waals surface area contributed by atoms with Gasteiger partial charge in [-0.3, -0.25) is 0 Å². The second-order valence-corrected chi connectivity index (χ2v) is 3.80. The second kappa shape index (κ2) is 4.13. The van der Waals surface area contributed by atoms with Crippen LogP contribution < -0.4 is 0 Å². The minimum atomic E-state index is 0.0381. The van der Waals surface area contributed by atoms with E-state index in [4.69, 9.17) is 15.9 Å². The predicted octanol–water partition coefficient (Wildman–Crippen LogP) is 1.69. The van der Waals surface area contributed by atoms with Gasteiger partial charge in [-0.2, -0.15) is 0 Å². The number of methoxy groups -OCH3 is 1. The van der Waals surface area contributed by atoms with Gasteiger partial charge in [-0.15, -0.1) is 12.3 Å². The van der Waals surface area contributed by atoms with E-state index in [1.165, 1.54) is 0 Å². The average Bonchev–Trinajstić information content (AvgIpc) is 2.10. The van der Waals surface area contributed by atoms with E-state index in [0.717, 1.165) is 0 Å². The molecule has 0 bridgehead atoms. The van der Waals surface area contributed by atoms with E-state index in [1.807, 2.05) is 6.92 Å². The van der Waals surface area contributed by atoms with E-state index >= 15 is 0 Å². The van der Waals surface area contributed by atoms with Gasteiger partial charge in [0, 0.05) is 7.11 Å². The maximum absolute atomic E-state index is 5.71. The van der Waals surface area contributed by atoms with Crippen molar-refractivity contribution in [2.24, 2.45) is 11.8 Å². The summed E-state index contributed by atoms with van der Waals surface area (Å²) in [5, 5.41) is 0. The van der Waals surface area contributed by atoms with Crippen LogP contribution >= 0.6 is 0 Å². The molecule has 1 rings (SSSR count). The van der Waals surface area contributed by atoms with Crippen LogP contribution in [0.1, 0.15) is 20.8 Å². The van der Waals surface area contributed by atoms with E-state index in [0.29, 0.717) is 5.92 Å². The molecule has 2 nitrogen and oxygen atoms in total. The molecule has 5 unspecified atom stereocenters. The van der Waals surface area contributed by atoms with Crippen LogP contribution in [0.4, 0.5) is 0 Å². The largest absolute Gasteiger partial charge is 0.377 e. The monoisotopic (exact) mass is 182 g/mol. The second-order valence-electron chi connectivity index (χ2n) is 3.80. The summed E-state index contributed by atoms with van der Waals surface area (Å²) >= 11 is 0. The fraction of sp³-hybridized carbons (Fsp3) is 0.818. The molecule has 2 heteroatoms. The normalized spacial score (nSPS) is 45.6. The summed E-state index contributed by atoms with van der Waals surface area (Å²) in [7, 11) is 1.69. The predicted molar refractivity (Wildman–Crippen MR) is 52.3 cm³/mol. The molecule has 0 radical (unpaired) electrons. The third kappa shape index (κ3) is 1.87. The van der Waals surface area contributed by atoms with Gasteiger partial charge in [-0.25, -0.2) is 0 Å². The van der Waals surface area contributed by atoms with E-state index in [2.05, 4.69) is 19.8 Å². The van der Waals surface area contributed by atoms with Crippen LogP contribution in [-0.2, 0) is 9.47 Å². The molecular formula is C11H18O2. The van der Waals surface area contributed by atoms with Crippen LogP contribution in [0.15, 0.2) is 0 Å². The first-order valence-corrected chi connectivity index (χ1v) is 4.76.